The number of carbonyl (C=O) groups excluding carboxylic acids is 1. The minimum absolute atomic E-state index is 0.0330. The second-order valence-electron chi connectivity index (χ2n) is 5.44. The lowest BCUT2D eigenvalue weighted by Crippen LogP contribution is -2.48. The number of benzene rings is 1. The number of para-hydroxylation sites is 1. The maximum absolute atomic E-state index is 12.0. The molecule has 4 nitrogen and oxygen atoms in total. The van der Waals surface area contributed by atoms with E-state index in [0.717, 1.165) is 37.1 Å². The predicted molar refractivity (Wildman–Crippen MR) is 79.9 cm³/mol. The minimum atomic E-state index is -0.0383. The number of carbonyl (C=O) groups is 1. The molecule has 0 saturated carbocycles. The summed E-state index contributed by atoms with van der Waals surface area (Å²) < 4.78 is 5.85. The van der Waals surface area contributed by atoms with E-state index in [0.29, 0.717) is 6.54 Å². The fourth-order valence-corrected chi connectivity index (χ4v) is 2.39. The van der Waals surface area contributed by atoms with E-state index in [1.54, 1.807) is 0 Å². The van der Waals surface area contributed by atoms with Crippen LogP contribution in [-0.2, 0) is 4.79 Å². The van der Waals surface area contributed by atoms with Crippen LogP contribution in [-0.4, -0.2) is 31.1 Å². The Morgan fingerprint density at radius 2 is 2.25 bits per heavy atom. The molecule has 1 aliphatic heterocycles. The molecule has 2 unspecified atom stereocenters. The van der Waals surface area contributed by atoms with Crippen molar-refractivity contribution in [2.24, 2.45) is 0 Å². The van der Waals surface area contributed by atoms with E-state index in [2.05, 4.69) is 10.6 Å². The summed E-state index contributed by atoms with van der Waals surface area (Å²) in [6, 6.07) is 7.89. The molecule has 0 bridgehead atoms. The largest absolute Gasteiger partial charge is 0.489 e. The molecule has 1 saturated heterocycles. The van der Waals surface area contributed by atoms with Gasteiger partial charge in [0.25, 0.3) is 0 Å². The maximum atomic E-state index is 12.0. The van der Waals surface area contributed by atoms with Gasteiger partial charge >= 0.3 is 0 Å². The van der Waals surface area contributed by atoms with Gasteiger partial charge in [0.1, 0.15) is 11.9 Å². The predicted octanol–water partition coefficient (Wildman–Crippen LogP) is 2.02. The number of piperidine rings is 1. The molecule has 2 N–H and O–H groups in total. The van der Waals surface area contributed by atoms with Crippen molar-refractivity contribution in [1.82, 2.24) is 10.6 Å². The number of nitrogens with one attached hydrogen (secondary N) is 2. The van der Waals surface area contributed by atoms with Crippen LogP contribution in [0.3, 0.4) is 0 Å². The van der Waals surface area contributed by atoms with Crippen LogP contribution >= 0.6 is 0 Å². The molecular formula is C16H24N2O2. The third kappa shape index (κ3) is 4.23. The van der Waals surface area contributed by atoms with Gasteiger partial charge in [0.2, 0.25) is 5.91 Å². The van der Waals surface area contributed by atoms with Gasteiger partial charge in [-0.15, -0.1) is 0 Å². The summed E-state index contributed by atoms with van der Waals surface area (Å²) in [6.07, 6.45) is 3.18. The number of ether oxygens (including phenoxy) is 1. The van der Waals surface area contributed by atoms with E-state index in [4.69, 9.17) is 4.74 Å². The van der Waals surface area contributed by atoms with Crippen LogP contribution < -0.4 is 15.4 Å². The van der Waals surface area contributed by atoms with Gasteiger partial charge in [0.05, 0.1) is 12.6 Å². The first-order valence-corrected chi connectivity index (χ1v) is 7.40. The van der Waals surface area contributed by atoms with Crippen LogP contribution in [0, 0.1) is 6.92 Å². The third-order valence-corrected chi connectivity index (χ3v) is 3.61. The van der Waals surface area contributed by atoms with E-state index >= 15 is 0 Å². The lowest BCUT2D eigenvalue weighted by molar-refractivity contribution is -0.124. The van der Waals surface area contributed by atoms with E-state index in [1.807, 2.05) is 38.1 Å². The quantitative estimate of drug-likeness (QED) is 0.865. The van der Waals surface area contributed by atoms with Crippen molar-refractivity contribution in [3.8, 4) is 5.75 Å². The van der Waals surface area contributed by atoms with Gasteiger partial charge in [0, 0.05) is 0 Å². The lowest BCUT2D eigenvalue weighted by atomic mass is 10.0. The molecule has 1 aliphatic rings. The van der Waals surface area contributed by atoms with Crippen molar-refractivity contribution < 1.29 is 9.53 Å². The highest BCUT2D eigenvalue weighted by Gasteiger charge is 2.20. The lowest BCUT2D eigenvalue weighted by Gasteiger charge is -2.23. The Bertz CT molecular complexity index is 442. The standard InChI is InChI=1S/C16H24N2O2/c1-12-7-3-4-9-15(12)20-13(2)11-18-16(19)14-8-5-6-10-17-14/h3-4,7,9,13-14,17H,5-6,8,10-11H2,1-2H3,(H,18,19). The van der Waals surface area contributed by atoms with Crippen molar-refractivity contribution in [2.75, 3.05) is 13.1 Å². The molecule has 0 aliphatic carbocycles. The van der Waals surface area contributed by atoms with Gasteiger partial charge in [-0.05, 0) is 44.9 Å². The summed E-state index contributed by atoms with van der Waals surface area (Å²) in [7, 11) is 0. The van der Waals surface area contributed by atoms with Crippen molar-refractivity contribution in [3.05, 3.63) is 29.8 Å². The van der Waals surface area contributed by atoms with Crippen molar-refractivity contribution in [1.29, 1.82) is 0 Å². The van der Waals surface area contributed by atoms with E-state index in [-0.39, 0.29) is 18.1 Å². The fourth-order valence-electron chi connectivity index (χ4n) is 2.39. The Labute approximate surface area is 120 Å². The highest BCUT2D eigenvalue weighted by molar-refractivity contribution is 5.81. The molecule has 110 valence electrons. The third-order valence-electron chi connectivity index (χ3n) is 3.61. The van der Waals surface area contributed by atoms with Gasteiger partial charge in [-0.1, -0.05) is 24.6 Å². The van der Waals surface area contributed by atoms with E-state index in [9.17, 15) is 4.79 Å². The number of aryl methyl sites for hydroxylation is 1. The van der Waals surface area contributed by atoms with Gasteiger partial charge in [0.15, 0.2) is 0 Å². The van der Waals surface area contributed by atoms with Crippen molar-refractivity contribution in [3.63, 3.8) is 0 Å². The molecule has 1 aromatic rings. The number of hydrogen-bond acceptors (Lipinski definition) is 3. The molecule has 2 atom stereocenters. The van der Waals surface area contributed by atoms with Crippen LogP contribution in [0.25, 0.3) is 0 Å². The number of rotatable bonds is 5. The summed E-state index contributed by atoms with van der Waals surface area (Å²) >= 11 is 0. The van der Waals surface area contributed by atoms with E-state index < -0.39 is 0 Å². The Balaban J connectivity index is 1.76. The molecule has 1 amide bonds. The summed E-state index contributed by atoms with van der Waals surface area (Å²) in [5.74, 6) is 0.968. The Morgan fingerprint density at radius 1 is 1.45 bits per heavy atom. The normalized spacial score (nSPS) is 20.2. The maximum Gasteiger partial charge on any atom is 0.237 e. The molecule has 1 heterocycles. The van der Waals surface area contributed by atoms with Gasteiger partial charge < -0.3 is 15.4 Å². The highest BCUT2D eigenvalue weighted by Crippen LogP contribution is 2.17. The van der Waals surface area contributed by atoms with E-state index in [1.165, 1.54) is 0 Å². The van der Waals surface area contributed by atoms with Crippen molar-refractivity contribution in [2.45, 2.75) is 45.3 Å². The summed E-state index contributed by atoms with van der Waals surface area (Å²) in [4.78, 5) is 12.0. The van der Waals surface area contributed by atoms with Gasteiger partial charge in [-0.2, -0.15) is 0 Å². The van der Waals surface area contributed by atoms with Crippen LogP contribution in [0.2, 0.25) is 0 Å². The average molecular weight is 276 g/mol. The molecule has 1 aromatic carbocycles. The van der Waals surface area contributed by atoms with Crippen molar-refractivity contribution >= 4 is 5.91 Å². The molecule has 2 rings (SSSR count). The number of amides is 1. The second kappa shape index (κ2) is 7.29. The van der Waals surface area contributed by atoms with Gasteiger partial charge in [-0.25, -0.2) is 0 Å². The number of hydrogen-bond donors (Lipinski definition) is 2. The molecule has 0 spiro atoms. The SMILES string of the molecule is Cc1ccccc1OC(C)CNC(=O)C1CCCCN1. The van der Waals surface area contributed by atoms with Crippen LogP contribution in [0.5, 0.6) is 5.75 Å². The zero-order valence-electron chi connectivity index (χ0n) is 12.3. The zero-order valence-corrected chi connectivity index (χ0v) is 12.3. The zero-order chi connectivity index (χ0) is 14.4. The average Bonchev–Trinajstić information content (AvgIpc) is 2.48. The second-order valence-corrected chi connectivity index (χ2v) is 5.44. The minimum Gasteiger partial charge on any atom is -0.489 e. The molecule has 0 aromatic heterocycles. The molecular weight excluding hydrogens is 252 g/mol. The first-order chi connectivity index (χ1) is 9.66. The fraction of sp³-hybridized carbons (Fsp3) is 0.562. The van der Waals surface area contributed by atoms with Crippen LogP contribution in [0.15, 0.2) is 24.3 Å². The summed E-state index contributed by atoms with van der Waals surface area (Å²) in [5, 5.41) is 6.21. The summed E-state index contributed by atoms with van der Waals surface area (Å²) in [5.41, 5.74) is 1.11. The highest BCUT2D eigenvalue weighted by atomic mass is 16.5. The first-order valence-electron chi connectivity index (χ1n) is 7.40. The Morgan fingerprint density at radius 3 is 2.95 bits per heavy atom. The molecule has 1 fully saturated rings. The topological polar surface area (TPSA) is 50.4 Å². The smallest absolute Gasteiger partial charge is 0.237 e. The van der Waals surface area contributed by atoms with Crippen LogP contribution in [0.1, 0.15) is 31.7 Å². The summed E-state index contributed by atoms with van der Waals surface area (Å²) in [6.45, 7) is 5.46. The molecule has 4 heteroatoms. The Hall–Kier alpha value is -1.55. The van der Waals surface area contributed by atoms with Crippen LogP contribution in [0.4, 0.5) is 0 Å². The molecule has 20 heavy (non-hydrogen) atoms. The molecule has 0 radical (unpaired) electrons. The van der Waals surface area contributed by atoms with Gasteiger partial charge in [-0.3, -0.25) is 4.79 Å². The first kappa shape index (κ1) is 14.9. The monoisotopic (exact) mass is 276 g/mol. The Kier molecular flexibility index (Phi) is 5.41.